The quantitative estimate of drug-likeness (QED) is 0.433. The van der Waals surface area contributed by atoms with Crippen molar-refractivity contribution < 1.29 is 22.8 Å². The molecule has 1 saturated carbocycles. The van der Waals surface area contributed by atoms with Gasteiger partial charge in [0.15, 0.2) is 5.82 Å². The second-order valence-electron chi connectivity index (χ2n) is 10.7. The van der Waals surface area contributed by atoms with Gasteiger partial charge in [0.05, 0.1) is 12.6 Å². The summed E-state index contributed by atoms with van der Waals surface area (Å²) in [5.74, 6) is -1.15. The molecular formula is C29H32F3N5O2. The third-order valence-corrected chi connectivity index (χ3v) is 7.91. The van der Waals surface area contributed by atoms with Crippen molar-refractivity contribution in [3.63, 3.8) is 0 Å². The first-order chi connectivity index (χ1) is 18.7. The Kier molecular flexibility index (Phi) is 7.72. The summed E-state index contributed by atoms with van der Waals surface area (Å²) in [4.78, 5) is 28.3. The highest BCUT2D eigenvalue weighted by atomic mass is 19.4. The van der Waals surface area contributed by atoms with Crippen LogP contribution in [0.3, 0.4) is 0 Å². The Morgan fingerprint density at radius 3 is 2.26 bits per heavy atom. The lowest BCUT2D eigenvalue weighted by Gasteiger charge is -2.33. The van der Waals surface area contributed by atoms with Gasteiger partial charge < -0.3 is 14.8 Å². The number of aromatic nitrogens is 3. The maximum atomic E-state index is 13.4. The lowest BCUT2D eigenvalue weighted by molar-refractivity contribution is -0.148. The van der Waals surface area contributed by atoms with E-state index in [9.17, 15) is 22.8 Å². The van der Waals surface area contributed by atoms with Crippen LogP contribution in [-0.2, 0) is 35.3 Å². The van der Waals surface area contributed by atoms with Crippen molar-refractivity contribution in [2.75, 3.05) is 6.54 Å². The predicted octanol–water partition coefficient (Wildman–Crippen LogP) is 5.08. The second-order valence-corrected chi connectivity index (χ2v) is 10.7. The smallest absolute Gasteiger partial charge is 0.349 e. The third kappa shape index (κ3) is 6.32. The van der Waals surface area contributed by atoms with E-state index in [0.29, 0.717) is 6.42 Å². The van der Waals surface area contributed by atoms with Gasteiger partial charge in [-0.3, -0.25) is 9.59 Å². The number of hydrogen-bond donors (Lipinski definition) is 1. The second kappa shape index (κ2) is 11.2. The van der Waals surface area contributed by atoms with E-state index in [-0.39, 0.29) is 56.2 Å². The number of amides is 2. The molecule has 1 aliphatic heterocycles. The number of rotatable bonds is 8. The molecule has 5 rings (SSSR count). The third-order valence-electron chi connectivity index (χ3n) is 7.91. The van der Waals surface area contributed by atoms with Crippen LogP contribution in [0.15, 0.2) is 60.7 Å². The molecule has 2 aliphatic rings. The van der Waals surface area contributed by atoms with Crippen LogP contribution in [0, 0.1) is 5.41 Å². The van der Waals surface area contributed by atoms with Gasteiger partial charge >= 0.3 is 6.18 Å². The van der Waals surface area contributed by atoms with Crippen LogP contribution >= 0.6 is 0 Å². The Hall–Kier alpha value is -3.69. The van der Waals surface area contributed by atoms with Crippen LogP contribution in [0.1, 0.15) is 67.3 Å². The van der Waals surface area contributed by atoms with Crippen molar-refractivity contribution in [1.82, 2.24) is 25.0 Å². The first kappa shape index (κ1) is 26.9. The number of nitrogens with zero attached hydrogens (tertiary/aromatic N) is 4. The Bertz CT molecular complexity index is 1290. The van der Waals surface area contributed by atoms with Gasteiger partial charge in [-0.25, -0.2) is 0 Å². The Balaban J connectivity index is 1.26. The molecule has 1 aromatic heterocycles. The summed E-state index contributed by atoms with van der Waals surface area (Å²) < 4.78 is 40.6. The van der Waals surface area contributed by atoms with Gasteiger partial charge in [0.2, 0.25) is 17.6 Å². The molecule has 7 nitrogen and oxygen atoms in total. The lowest BCUT2D eigenvalue weighted by Crippen LogP contribution is -2.42. The average molecular weight is 540 g/mol. The van der Waals surface area contributed by atoms with Gasteiger partial charge in [-0.2, -0.15) is 13.2 Å². The van der Waals surface area contributed by atoms with Crippen molar-refractivity contribution >= 4 is 11.8 Å². The minimum Gasteiger partial charge on any atom is -0.349 e. The molecule has 1 unspecified atom stereocenters. The van der Waals surface area contributed by atoms with E-state index in [0.717, 1.165) is 41.4 Å². The fraction of sp³-hybridized carbons (Fsp3) is 0.448. The number of halogens is 3. The molecule has 2 aromatic carbocycles. The van der Waals surface area contributed by atoms with Crippen LogP contribution in [0.5, 0.6) is 0 Å². The Labute approximate surface area is 225 Å². The van der Waals surface area contributed by atoms with Gasteiger partial charge in [0.25, 0.3) is 0 Å². The highest BCUT2D eigenvalue weighted by Gasteiger charge is 2.42. The van der Waals surface area contributed by atoms with Crippen LogP contribution < -0.4 is 5.32 Å². The molecule has 0 spiro atoms. The van der Waals surface area contributed by atoms with Gasteiger partial charge in [0.1, 0.15) is 0 Å². The van der Waals surface area contributed by atoms with E-state index in [2.05, 4.69) is 15.5 Å². The standard InChI is InChI=1S/C29H32F3N5O2/c30-29(31,32)27-35-34-24-20-36(15-16-37(24)27)26(39)19-28(13-7-8-14-28)18-25(38)33-23(22-11-5-2-6-12-22)17-21-9-3-1-4-10-21/h1-6,9-12,23H,7-8,13-20H2,(H,33,38). The molecule has 1 N–H and O–H groups in total. The molecule has 1 atom stereocenters. The van der Waals surface area contributed by atoms with Crippen molar-refractivity contribution in [1.29, 1.82) is 0 Å². The van der Waals surface area contributed by atoms with Gasteiger partial charge in [-0.1, -0.05) is 73.5 Å². The molecule has 0 radical (unpaired) electrons. The molecule has 1 fully saturated rings. The van der Waals surface area contributed by atoms with Crippen LogP contribution in [0.4, 0.5) is 13.2 Å². The number of alkyl halides is 3. The summed E-state index contributed by atoms with van der Waals surface area (Å²) in [6.07, 6.45) is -0.0969. The highest BCUT2D eigenvalue weighted by Crippen LogP contribution is 2.45. The van der Waals surface area contributed by atoms with Crippen LogP contribution in [-0.4, -0.2) is 38.0 Å². The first-order valence-corrected chi connectivity index (χ1v) is 13.4. The van der Waals surface area contributed by atoms with E-state index in [1.54, 1.807) is 4.90 Å². The van der Waals surface area contributed by atoms with E-state index in [1.807, 2.05) is 60.7 Å². The summed E-state index contributed by atoms with van der Waals surface area (Å²) in [6, 6.07) is 19.6. The summed E-state index contributed by atoms with van der Waals surface area (Å²) in [7, 11) is 0. The van der Waals surface area contributed by atoms with Gasteiger partial charge in [-0.15, -0.1) is 10.2 Å². The number of carbonyl (C=O) groups excluding carboxylic acids is 2. The topological polar surface area (TPSA) is 80.1 Å². The molecule has 39 heavy (non-hydrogen) atoms. The lowest BCUT2D eigenvalue weighted by atomic mass is 9.78. The first-order valence-electron chi connectivity index (χ1n) is 13.4. The van der Waals surface area contributed by atoms with E-state index < -0.39 is 17.4 Å². The molecule has 206 valence electrons. The number of fused-ring (bicyclic) bond motifs is 1. The summed E-state index contributed by atoms with van der Waals surface area (Å²) >= 11 is 0. The molecule has 2 heterocycles. The van der Waals surface area contributed by atoms with E-state index >= 15 is 0 Å². The minimum atomic E-state index is -4.59. The largest absolute Gasteiger partial charge is 0.451 e. The van der Waals surface area contributed by atoms with E-state index in [1.165, 1.54) is 0 Å². The van der Waals surface area contributed by atoms with Crippen LogP contribution in [0.25, 0.3) is 0 Å². The number of benzene rings is 2. The fourth-order valence-electron chi connectivity index (χ4n) is 5.93. The van der Waals surface area contributed by atoms with Crippen molar-refractivity contribution in [2.24, 2.45) is 5.41 Å². The highest BCUT2D eigenvalue weighted by molar-refractivity contribution is 5.81. The maximum Gasteiger partial charge on any atom is 0.451 e. The number of nitrogens with one attached hydrogen (secondary N) is 1. The molecule has 0 saturated heterocycles. The van der Waals surface area contributed by atoms with Crippen molar-refractivity contribution in [3.05, 3.63) is 83.4 Å². The molecule has 10 heteroatoms. The molecular weight excluding hydrogens is 507 g/mol. The van der Waals surface area contributed by atoms with Crippen molar-refractivity contribution in [2.45, 2.75) is 70.3 Å². The van der Waals surface area contributed by atoms with Crippen molar-refractivity contribution in [3.8, 4) is 0 Å². The average Bonchev–Trinajstić information content (AvgIpc) is 3.56. The predicted molar refractivity (Wildman–Crippen MR) is 138 cm³/mol. The summed E-state index contributed by atoms with van der Waals surface area (Å²) in [6.45, 7) is 0.133. The summed E-state index contributed by atoms with van der Waals surface area (Å²) in [5.41, 5.74) is 1.67. The zero-order chi connectivity index (χ0) is 27.5. The molecule has 1 aliphatic carbocycles. The minimum absolute atomic E-state index is 0.00531. The van der Waals surface area contributed by atoms with Gasteiger partial charge in [-0.05, 0) is 35.8 Å². The maximum absolute atomic E-state index is 13.4. The molecule has 0 bridgehead atoms. The molecule has 3 aromatic rings. The monoisotopic (exact) mass is 539 g/mol. The van der Waals surface area contributed by atoms with E-state index in [4.69, 9.17) is 0 Å². The zero-order valence-electron chi connectivity index (χ0n) is 21.7. The molecule has 2 amide bonds. The number of carbonyl (C=O) groups is 2. The van der Waals surface area contributed by atoms with Crippen LogP contribution in [0.2, 0.25) is 0 Å². The normalized spacial score (nSPS) is 17.5. The van der Waals surface area contributed by atoms with Gasteiger partial charge in [0, 0.05) is 25.9 Å². The Morgan fingerprint density at radius 2 is 1.59 bits per heavy atom. The SMILES string of the molecule is O=C(CC1(CC(=O)N2CCn3c(nnc3C(F)(F)F)C2)CCCC1)NC(Cc1ccccc1)c1ccccc1. The Morgan fingerprint density at radius 1 is 0.923 bits per heavy atom. The fourth-order valence-corrected chi connectivity index (χ4v) is 5.93. The number of hydrogen-bond acceptors (Lipinski definition) is 4. The zero-order valence-corrected chi connectivity index (χ0v) is 21.7. The summed E-state index contributed by atoms with van der Waals surface area (Å²) in [5, 5.41) is 10.2.